The average molecular weight is 327 g/mol. The SMILES string of the molecule is COc1ccc(C(N)=O)cc1NC(=O)CCNc1ccccc1C. The van der Waals surface area contributed by atoms with Gasteiger partial charge in [0, 0.05) is 24.2 Å². The number of ether oxygens (including phenoxy) is 1. The number of nitrogens with one attached hydrogen (secondary N) is 2. The first-order valence-electron chi connectivity index (χ1n) is 7.58. The number of nitrogens with two attached hydrogens (primary N) is 1. The molecule has 0 aliphatic carbocycles. The number of rotatable bonds is 7. The predicted octanol–water partition coefficient (Wildman–Crippen LogP) is 2.54. The molecule has 24 heavy (non-hydrogen) atoms. The second-order valence-electron chi connectivity index (χ2n) is 5.32. The molecule has 0 atom stereocenters. The molecule has 2 aromatic rings. The van der Waals surface area contributed by atoms with Crippen molar-refractivity contribution in [2.24, 2.45) is 5.73 Å². The second-order valence-corrected chi connectivity index (χ2v) is 5.32. The third kappa shape index (κ3) is 4.49. The summed E-state index contributed by atoms with van der Waals surface area (Å²) in [5, 5.41) is 5.97. The summed E-state index contributed by atoms with van der Waals surface area (Å²) in [6, 6.07) is 12.5. The standard InChI is InChI=1S/C18H21N3O3/c1-12-5-3-4-6-14(12)20-10-9-17(22)21-15-11-13(18(19)23)7-8-16(15)24-2/h3-8,11,20H,9-10H2,1-2H3,(H2,19,23)(H,21,22). The lowest BCUT2D eigenvalue weighted by Crippen LogP contribution is -2.18. The highest BCUT2D eigenvalue weighted by molar-refractivity contribution is 5.97. The second kappa shape index (κ2) is 8.01. The van der Waals surface area contributed by atoms with Crippen molar-refractivity contribution in [3.63, 3.8) is 0 Å². The number of anilines is 2. The number of para-hydroxylation sites is 1. The van der Waals surface area contributed by atoms with Gasteiger partial charge in [-0.05, 0) is 36.8 Å². The number of hydrogen-bond acceptors (Lipinski definition) is 4. The summed E-state index contributed by atoms with van der Waals surface area (Å²) in [6.07, 6.45) is 0.276. The third-order valence-corrected chi connectivity index (χ3v) is 3.57. The molecule has 2 amide bonds. The van der Waals surface area contributed by atoms with E-state index in [0.29, 0.717) is 23.5 Å². The van der Waals surface area contributed by atoms with Crippen LogP contribution in [0.3, 0.4) is 0 Å². The normalized spacial score (nSPS) is 10.1. The van der Waals surface area contributed by atoms with E-state index in [1.807, 2.05) is 31.2 Å². The van der Waals surface area contributed by atoms with E-state index in [9.17, 15) is 9.59 Å². The zero-order valence-electron chi connectivity index (χ0n) is 13.8. The van der Waals surface area contributed by atoms with Gasteiger partial charge in [0.15, 0.2) is 0 Å². The van der Waals surface area contributed by atoms with Gasteiger partial charge in [0.2, 0.25) is 11.8 Å². The van der Waals surface area contributed by atoms with Crippen LogP contribution in [-0.4, -0.2) is 25.5 Å². The minimum Gasteiger partial charge on any atom is -0.495 e. The maximum absolute atomic E-state index is 12.1. The van der Waals surface area contributed by atoms with Gasteiger partial charge in [-0.2, -0.15) is 0 Å². The van der Waals surface area contributed by atoms with Crippen LogP contribution in [0.15, 0.2) is 42.5 Å². The van der Waals surface area contributed by atoms with Crippen LogP contribution in [0, 0.1) is 6.92 Å². The highest BCUT2D eigenvalue weighted by atomic mass is 16.5. The number of methoxy groups -OCH3 is 1. The largest absolute Gasteiger partial charge is 0.495 e. The number of primary amides is 1. The Balaban J connectivity index is 1.95. The molecule has 0 radical (unpaired) electrons. The van der Waals surface area contributed by atoms with E-state index in [2.05, 4.69) is 10.6 Å². The van der Waals surface area contributed by atoms with Gasteiger partial charge in [-0.3, -0.25) is 9.59 Å². The predicted molar refractivity (Wildman–Crippen MR) is 94.4 cm³/mol. The van der Waals surface area contributed by atoms with Gasteiger partial charge in [0.25, 0.3) is 0 Å². The average Bonchev–Trinajstić information content (AvgIpc) is 2.56. The van der Waals surface area contributed by atoms with E-state index in [0.717, 1.165) is 11.3 Å². The monoisotopic (exact) mass is 327 g/mol. The topological polar surface area (TPSA) is 93.4 Å². The highest BCUT2D eigenvalue weighted by Crippen LogP contribution is 2.25. The summed E-state index contributed by atoms with van der Waals surface area (Å²) in [5.41, 5.74) is 8.11. The van der Waals surface area contributed by atoms with Crippen LogP contribution in [-0.2, 0) is 4.79 Å². The van der Waals surface area contributed by atoms with Crippen LogP contribution in [0.5, 0.6) is 5.75 Å². The molecule has 0 saturated heterocycles. The Morgan fingerprint density at radius 1 is 1.12 bits per heavy atom. The third-order valence-electron chi connectivity index (χ3n) is 3.57. The summed E-state index contributed by atoms with van der Waals surface area (Å²) in [7, 11) is 1.49. The van der Waals surface area contributed by atoms with Crippen LogP contribution in [0.4, 0.5) is 11.4 Å². The Morgan fingerprint density at radius 3 is 2.54 bits per heavy atom. The fourth-order valence-electron chi connectivity index (χ4n) is 2.25. The van der Waals surface area contributed by atoms with Gasteiger partial charge >= 0.3 is 0 Å². The number of carbonyl (C=O) groups is 2. The number of amides is 2. The quantitative estimate of drug-likeness (QED) is 0.728. The molecule has 4 N–H and O–H groups in total. The van der Waals surface area contributed by atoms with Crippen molar-refractivity contribution in [3.05, 3.63) is 53.6 Å². The van der Waals surface area contributed by atoms with Gasteiger partial charge in [0.1, 0.15) is 5.75 Å². The lowest BCUT2D eigenvalue weighted by atomic mass is 10.1. The molecule has 0 aliphatic rings. The Kier molecular flexibility index (Phi) is 5.78. The van der Waals surface area contributed by atoms with E-state index in [4.69, 9.17) is 10.5 Å². The summed E-state index contributed by atoms with van der Waals surface area (Å²) < 4.78 is 5.19. The summed E-state index contributed by atoms with van der Waals surface area (Å²) in [4.78, 5) is 23.4. The van der Waals surface area contributed by atoms with Gasteiger partial charge < -0.3 is 21.1 Å². The molecule has 0 fully saturated rings. The number of hydrogen-bond donors (Lipinski definition) is 3. The van der Waals surface area contributed by atoms with E-state index >= 15 is 0 Å². The van der Waals surface area contributed by atoms with Crippen molar-refractivity contribution in [1.29, 1.82) is 0 Å². The zero-order valence-corrected chi connectivity index (χ0v) is 13.8. The van der Waals surface area contributed by atoms with Gasteiger partial charge in [-0.25, -0.2) is 0 Å². The Morgan fingerprint density at radius 2 is 1.88 bits per heavy atom. The minimum atomic E-state index is -0.561. The van der Waals surface area contributed by atoms with Crippen molar-refractivity contribution in [2.45, 2.75) is 13.3 Å². The molecule has 126 valence electrons. The zero-order chi connectivity index (χ0) is 17.5. The first-order chi connectivity index (χ1) is 11.5. The highest BCUT2D eigenvalue weighted by Gasteiger charge is 2.11. The molecule has 0 aliphatic heterocycles. The van der Waals surface area contributed by atoms with E-state index in [1.54, 1.807) is 12.1 Å². The smallest absolute Gasteiger partial charge is 0.248 e. The van der Waals surface area contributed by atoms with Gasteiger partial charge in [0.05, 0.1) is 12.8 Å². The molecule has 0 bridgehead atoms. The molecule has 2 rings (SSSR count). The molecular weight excluding hydrogens is 306 g/mol. The fourth-order valence-corrected chi connectivity index (χ4v) is 2.25. The molecular formula is C18H21N3O3. The maximum Gasteiger partial charge on any atom is 0.248 e. The van der Waals surface area contributed by atoms with Crippen molar-refractivity contribution in [2.75, 3.05) is 24.3 Å². The Bertz CT molecular complexity index is 744. The molecule has 0 aromatic heterocycles. The molecule has 6 nitrogen and oxygen atoms in total. The maximum atomic E-state index is 12.1. The fraction of sp³-hybridized carbons (Fsp3) is 0.222. The molecule has 0 heterocycles. The molecule has 0 spiro atoms. The van der Waals surface area contributed by atoms with Crippen LogP contribution in [0.25, 0.3) is 0 Å². The first-order valence-corrected chi connectivity index (χ1v) is 7.58. The van der Waals surface area contributed by atoms with E-state index in [1.165, 1.54) is 13.2 Å². The van der Waals surface area contributed by atoms with Gasteiger partial charge in [-0.15, -0.1) is 0 Å². The molecule has 2 aromatic carbocycles. The van der Waals surface area contributed by atoms with E-state index < -0.39 is 5.91 Å². The lowest BCUT2D eigenvalue weighted by Gasteiger charge is -2.12. The number of benzene rings is 2. The molecule has 0 saturated carbocycles. The number of aryl methyl sites for hydroxylation is 1. The minimum absolute atomic E-state index is 0.184. The Labute approximate surface area is 141 Å². The Hall–Kier alpha value is -3.02. The lowest BCUT2D eigenvalue weighted by molar-refractivity contribution is -0.116. The van der Waals surface area contributed by atoms with Crippen LogP contribution >= 0.6 is 0 Å². The molecule has 0 unspecified atom stereocenters. The number of carbonyl (C=O) groups excluding carboxylic acids is 2. The summed E-state index contributed by atoms with van der Waals surface area (Å²) in [6.45, 7) is 2.50. The van der Waals surface area contributed by atoms with Crippen molar-refractivity contribution < 1.29 is 14.3 Å². The first kappa shape index (κ1) is 17.3. The van der Waals surface area contributed by atoms with E-state index in [-0.39, 0.29) is 12.3 Å². The van der Waals surface area contributed by atoms with Crippen molar-refractivity contribution in [3.8, 4) is 5.75 Å². The van der Waals surface area contributed by atoms with Crippen molar-refractivity contribution in [1.82, 2.24) is 0 Å². The van der Waals surface area contributed by atoms with Crippen LogP contribution < -0.4 is 21.1 Å². The van der Waals surface area contributed by atoms with Crippen LogP contribution in [0.1, 0.15) is 22.3 Å². The van der Waals surface area contributed by atoms with Gasteiger partial charge in [-0.1, -0.05) is 18.2 Å². The molecule has 6 heteroatoms. The van der Waals surface area contributed by atoms with Crippen LogP contribution in [0.2, 0.25) is 0 Å². The summed E-state index contributed by atoms with van der Waals surface area (Å²) in [5.74, 6) is -0.273. The van der Waals surface area contributed by atoms with Crippen molar-refractivity contribution >= 4 is 23.2 Å². The summed E-state index contributed by atoms with van der Waals surface area (Å²) >= 11 is 0.